The van der Waals surface area contributed by atoms with Gasteiger partial charge in [-0.05, 0) is 49.9 Å². The lowest BCUT2D eigenvalue weighted by Gasteiger charge is -2.22. The standard InChI is InChI=1S/C15H25N3/c1-4-18(14-5-6-14)15-9-13(7-8-17-15)11-16-10-12(2)3/h7-9,12,14,16H,4-6,10-11H2,1-3H3. The topological polar surface area (TPSA) is 28.2 Å². The van der Waals surface area contributed by atoms with Crippen LogP contribution in [-0.4, -0.2) is 24.1 Å². The number of nitrogens with zero attached hydrogens (tertiary/aromatic N) is 2. The first-order chi connectivity index (χ1) is 8.70. The number of hydrogen-bond acceptors (Lipinski definition) is 3. The first kappa shape index (κ1) is 13.3. The van der Waals surface area contributed by atoms with Crippen LogP contribution in [0.25, 0.3) is 0 Å². The van der Waals surface area contributed by atoms with E-state index in [0.29, 0.717) is 5.92 Å². The second kappa shape index (κ2) is 6.19. The van der Waals surface area contributed by atoms with Gasteiger partial charge in [0.25, 0.3) is 0 Å². The summed E-state index contributed by atoms with van der Waals surface area (Å²) in [6.45, 7) is 9.74. The van der Waals surface area contributed by atoms with Gasteiger partial charge >= 0.3 is 0 Å². The summed E-state index contributed by atoms with van der Waals surface area (Å²) in [6, 6.07) is 5.08. The Hall–Kier alpha value is -1.09. The zero-order valence-electron chi connectivity index (χ0n) is 11.8. The Morgan fingerprint density at radius 1 is 1.44 bits per heavy atom. The van der Waals surface area contributed by atoms with E-state index < -0.39 is 0 Å². The van der Waals surface area contributed by atoms with E-state index in [-0.39, 0.29) is 0 Å². The van der Waals surface area contributed by atoms with Crippen molar-refractivity contribution in [2.24, 2.45) is 5.92 Å². The van der Waals surface area contributed by atoms with Crippen molar-refractivity contribution in [1.82, 2.24) is 10.3 Å². The molecule has 0 unspecified atom stereocenters. The molecule has 1 heterocycles. The summed E-state index contributed by atoms with van der Waals surface area (Å²) in [5, 5.41) is 3.48. The molecule has 0 aliphatic heterocycles. The Labute approximate surface area is 111 Å². The Balaban J connectivity index is 1.95. The summed E-state index contributed by atoms with van der Waals surface area (Å²) >= 11 is 0. The smallest absolute Gasteiger partial charge is 0.129 e. The van der Waals surface area contributed by atoms with Crippen LogP contribution < -0.4 is 10.2 Å². The van der Waals surface area contributed by atoms with Crippen LogP contribution >= 0.6 is 0 Å². The van der Waals surface area contributed by atoms with Gasteiger partial charge in [-0.15, -0.1) is 0 Å². The molecule has 2 rings (SSSR count). The fraction of sp³-hybridized carbons (Fsp3) is 0.667. The third-order valence-electron chi connectivity index (χ3n) is 3.31. The number of rotatable bonds is 7. The largest absolute Gasteiger partial charge is 0.354 e. The first-order valence-electron chi connectivity index (χ1n) is 7.13. The van der Waals surface area contributed by atoms with E-state index in [2.05, 4.69) is 48.1 Å². The lowest BCUT2D eigenvalue weighted by atomic mass is 10.2. The average Bonchev–Trinajstić information content (AvgIpc) is 3.15. The molecule has 1 fully saturated rings. The van der Waals surface area contributed by atoms with E-state index in [9.17, 15) is 0 Å². The van der Waals surface area contributed by atoms with Gasteiger partial charge < -0.3 is 10.2 Å². The van der Waals surface area contributed by atoms with Gasteiger partial charge in [-0.25, -0.2) is 4.98 Å². The first-order valence-corrected chi connectivity index (χ1v) is 7.13. The van der Waals surface area contributed by atoms with Crippen LogP contribution in [0.1, 0.15) is 39.2 Å². The third-order valence-corrected chi connectivity index (χ3v) is 3.31. The molecular formula is C15H25N3. The second-order valence-corrected chi connectivity index (χ2v) is 5.56. The van der Waals surface area contributed by atoms with Crippen molar-refractivity contribution in [3.8, 4) is 0 Å². The number of pyridine rings is 1. The number of anilines is 1. The van der Waals surface area contributed by atoms with Crippen LogP contribution in [0.3, 0.4) is 0 Å². The molecule has 18 heavy (non-hydrogen) atoms. The van der Waals surface area contributed by atoms with Gasteiger partial charge in [0, 0.05) is 25.3 Å². The molecule has 1 N–H and O–H groups in total. The monoisotopic (exact) mass is 247 g/mol. The van der Waals surface area contributed by atoms with Crippen molar-refractivity contribution in [1.29, 1.82) is 0 Å². The van der Waals surface area contributed by atoms with E-state index in [1.54, 1.807) is 0 Å². The number of aromatic nitrogens is 1. The molecular weight excluding hydrogens is 222 g/mol. The number of hydrogen-bond donors (Lipinski definition) is 1. The summed E-state index contributed by atoms with van der Waals surface area (Å²) in [5.41, 5.74) is 1.33. The fourth-order valence-electron chi connectivity index (χ4n) is 2.23. The van der Waals surface area contributed by atoms with Crippen LogP contribution in [0.5, 0.6) is 0 Å². The van der Waals surface area contributed by atoms with Crippen molar-refractivity contribution in [3.63, 3.8) is 0 Å². The van der Waals surface area contributed by atoms with E-state index in [4.69, 9.17) is 0 Å². The molecule has 0 saturated heterocycles. The van der Waals surface area contributed by atoms with Gasteiger partial charge in [0.1, 0.15) is 5.82 Å². The molecule has 1 saturated carbocycles. The maximum atomic E-state index is 4.51. The zero-order valence-corrected chi connectivity index (χ0v) is 11.8. The zero-order chi connectivity index (χ0) is 13.0. The highest BCUT2D eigenvalue weighted by atomic mass is 15.2. The quantitative estimate of drug-likeness (QED) is 0.803. The summed E-state index contributed by atoms with van der Waals surface area (Å²) < 4.78 is 0. The SMILES string of the molecule is CCN(c1cc(CNCC(C)C)ccn1)C1CC1. The van der Waals surface area contributed by atoms with E-state index in [1.165, 1.54) is 18.4 Å². The average molecular weight is 247 g/mol. The van der Waals surface area contributed by atoms with Crippen LogP contribution in [0.15, 0.2) is 18.3 Å². The highest BCUT2D eigenvalue weighted by Crippen LogP contribution is 2.30. The van der Waals surface area contributed by atoms with Crippen LogP contribution in [0.2, 0.25) is 0 Å². The molecule has 100 valence electrons. The molecule has 0 spiro atoms. The lowest BCUT2D eigenvalue weighted by Crippen LogP contribution is -2.26. The summed E-state index contributed by atoms with van der Waals surface area (Å²) in [5.74, 6) is 1.84. The molecule has 0 aromatic carbocycles. The molecule has 3 heteroatoms. The van der Waals surface area contributed by atoms with Gasteiger partial charge in [-0.2, -0.15) is 0 Å². The summed E-state index contributed by atoms with van der Waals surface area (Å²) in [7, 11) is 0. The van der Waals surface area contributed by atoms with Crippen LogP contribution in [0.4, 0.5) is 5.82 Å². The molecule has 1 aliphatic rings. The highest BCUT2D eigenvalue weighted by Gasteiger charge is 2.28. The van der Waals surface area contributed by atoms with Crippen LogP contribution in [-0.2, 0) is 6.54 Å². The van der Waals surface area contributed by atoms with Gasteiger partial charge in [0.2, 0.25) is 0 Å². The van der Waals surface area contributed by atoms with Crippen molar-refractivity contribution in [2.75, 3.05) is 18.0 Å². The summed E-state index contributed by atoms with van der Waals surface area (Å²) in [6.07, 6.45) is 4.59. The Morgan fingerprint density at radius 2 is 2.22 bits per heavy atom. The maximum absolute atomic E-state index is 4.51. The fourth-order valence-corrected chi connectivity index (χ4v) is 2.23. The molecule has 1 aliphatic carbocycles. The minimum atomic E-state index is 0.699. The van der Waals surface area contributed by atoms with E-state index in [0.717, 1.165) is 31.5 Å². The normalized spacial score (nSPS) is 15.1. The Kier molecular flexibility index (Phi) is 4.59. The maximum Gasteiger partial charge on any atom is 0.129 e. The van der Waals surface area contributed by atoms with Gasteiger partial charge in [0.05, 0.1) is 0 Å². The van der Waals surface area contributed by atoms with E-state index in [1.807, 2.05) is 6.20 Å². The number of nitrogens with one attached hydrogen (secondary N) is 1. The van der Waals surface area contributed by atoms with Crippen molar-refractivity contribution in [2.45, 2.75) is 46.2 Å². The van der Waals surface area contributed by atoms with E-state index >= 15 is 0 Å². The van der Waals surface area contributed by atoms with Gasteiger partial charge in [-0.3, -0.25) is 0 Å². The van der Waals surface area contributed by atoms with Crippen molar-refractivity contribution < 1.29 is 0 Å². The third kappa shape index (κ3) is 3.70. The molecule has 3 nitrogen and oxygen atoms in total. The minimum absolute atomic E-state index is 0.699. The lowest BCUT2D eigenvalue weighted by molar-refractivity contribution is 0.552. The molecule has 0 amide bonds. The van der Waals surface area contributed by atoms with Gasteiger partial charge in [-0.1, -0.05) is 13.8 Å². The summed E-state index contributed by atoms with van der Waals surface area (Å²) in [4.78, 5) is 6.94. The van der Waals surface area contributed by atoms with Crippen molar-refractivity contribution in [3.05, 3.63) is 23.9 Å². The predicted molar refractivity (Wildman–Crippen MR) is 76.8 cm³/mol. The Morgan fingerprint density at radius 3 is 2.83 bits per heavy atom. The molecule has 0 atom stereocenters. The molecule has 0 bridgehead atoms. The predicted octanol–water partition coefficient (Wildman–Crippen LogP) is 2.82. The van der Waals surface area contributed by atoms with Gasteiger partial charge in [0.15, 0.2) is 0 Å². The minimum Gasteiger partial charge on any atom is -0.354 e. The second-order valence-electron chi connectivity index (χ2n) is 5.56. The van der Waals surface area contributed by atoms with Crippen LogP contribution in [0, 0.1) is 5.92 Å². The van der Waals surface area contributed by atoms with Crippen molar-refractivity contribution >= 4 is 5.82 Å². The highest BCUT2D eigenvalue weighted by molar-refractivity contribution is 5.43. The molecule has 0 radical (unpaired) electrons. The Bertz CT molecular complexity index is 372. The molecule has 1 aromatic heterocycles. The molecule has 1 aromatic rings.